The van der Waals surface area contributed by atoms with Gasteiger partial charge in [-0.2, -0.15) is 4.98 Å². The van der Waals surface area contributed by atoms with Gasteiger partial charge in [0.1, 0.15) is 17.8 Å². The predicted octanol–water partition coefficient (Wildman–Crippen LogP) is 3.03. The SMILES string of the molecule is CCN(CC)c1ncnc(Oc2ccc(OC)cc2)c1[N+](=O)[O-]. The number of ether oxygens (including phenoxy) is 2. The molecular formula is C15H18N4O4. The second-order valence-corrected chi connectivity index (χ2v) is 4.56. The highest BCUT2D eigenvalue weighted by Crippen LogP contribution is 2.36. The summed E-state index contributed by atoms with van der Waals surface area (Å²) in [5.41, 5.74) is -0.244. The maximum Gasteiger partial charge on any atom is 0.373 e. The van der Waals surface area contributed by atoms with Crippen molar-refractivity contribution in [2.45, 2.75) is 13.8 Å². The van der Waals surface area contributed by atoms with E-state index in [1.807, 2.05) is 13.8 Å². The molecule has 0 atom stereocenters. The maximum absolute atomic E-state index is 11.5. The van der Waals surface area contributed by atoms with Crippen molar-refractivity contribution >= 4 is 11.5 Å². The number of benzene rings is 1. The zero-order valence-corrected chi connectivity index (χ0v) is 13.2. The van der Waals surface area contributed by atoms with Crippen LogP contribution in [-0.4, -0.2) is 35.1 Å². The van der Waals surface area contributed by atoms with E-state index < -0.39 is 4.92 Å². The fourth-order valence-electron chi connectivity index (χ4n) is 2.10. The molecular weight excluding hydrogens is 300 g/mol. The molecule has 0 saturated heterocycles. The number of rotatable bonds is 7. The largest absolute Gasteiger partial charge is 0.497 e. The topological polar surface area (TPSA) is 90.6 Å². The van der Waals surface area contributed by atoms with Crippen molar-refractivity contribution in [3.63, 3.8) is 0 Å². The minimum Gasteiger partial charge on any atom is -0.497 e. The Hall–Kier alpha value is -2.90. The molecule has 1 aromatic heterocycles. The molecule has 0 aliphatic carbocycles. The molecule has 0 N–H and O–H groups in total. The summed E-state index contributed by atoms with van der Waals surface area (Å²) in [7, 11) is 1.56. The van der Waals surface area contributed by atoms with Crippen LogP contribution < -0.4 is 14.4 Å². The third-order valence-corrected chi connectivity index (χ3v) is 3.29. The summed E-state index contributed by atoms with van der Waals surface area (Å²) in [4.78, 5) is 20.7. The van der Waals surface area contributed by atoms with Crippen LogP contribution in [0.4, 0.5) is 11.5 Å². The van der Waals surface area contributed by atoms with Crippen LogP contribution >= 0.6 is 0 Å². The quantitative estimate of drug-likeness (QED) is 0.572. The van der Waals surface area contributed by atoms with E-state index in [1.165, 1.54) is 6.33 Å². The molecule has 0 aliphatic rings. The Morgan fingerprint density at radius 1 is 1.13 bits per heavy atom. The van der Waals surface area contributed by atoms with Crippen LogP contribution in [-0.2, 0) is 0 Å². The summed E-state index contributed by atoms with van der Waals surface area (Å²) < 4.78 is 10.6. The Balaban J connectivity index is 2.40. The third-order valence-electron chi connectivity index (χ3n) is 3.29. The van der Waals surface area contributed by atoms with Gasteiger partial charge in [0.15, 0.2) is 0 Å². The molecule has 122 valence electrons. The lowest BCUT2D eigenvalue weighted by molar-refractivity contribution is -0.385. The van der Waals surface area contributed by atoms with E-state index in [2.05, 4.69) is 9.97 Å². The molecule has 0 fully saturated rings. The first-order valence-corrected chi connectivity index (χ1v) is 7.16. The molecule has 8 heteroatoms. The number of anilines is 1. The molecule has 8 nitrogen and oxygen atoms in total. The predicted molar refractivity (Wildman–Crippen MR) is 85.3 cm³/mol. The van der Waals surface area contributed by atoms with Gasteiger partial charge in [-0.25, -0.2) is 4.98 Å². The number of hydrogen-bond acceptors (Lipinski definition) is 7. The Labute approximate surface area is 133 Å². The van der Waals surface area contributed by atoms with Gasteiger partial charge in [0.05, 0.1) is 12.0 Å². The number of nitrogens with zero attached hydrogens (tertiary/aromatic N) is 4. The van der Waals surface area contributed by atoms with Gasteiger partial charge in [-0.1, -0.05) is 0 Å². The molecule has 2 aromatic rings. The average molecular weight is 318 g/mol. The first kappa shape index (κ1) is 16.5. The van der Waals surface area contributed by atoms with E-state index in [4.69, 9.17) is 9.47 Å². The Bertz CT molecular complexity index is 672. The van der Waals surface area contributed by atoms with Crippen LogP contribution in [0.25, 0.3) is 0 Å². The summed E-state index contributed by atoms with van der Waals surface area (Å²) in [6.45, 7) is 4.99. The average Bonchev–Trinajstić information content (AvgIpc) is 2.56. The van der Waals surface area contributed by atoms with Crippen molar-refractivity contribution in [2.75, 3.05) is 25.1 Å². The van der Waals surface area contributed by atoms with E-state index in [9.17, 15) is 10.1 Å². The molecule has 0 bridgehead atoms. The highest BCUT2D eigenvalue weighted by Gasteiger charge is 2.27. The molecule has 2 rings (SSSR count). The molecule has 0 aliphatic heterocycles. The van der Waals surface area contributed by atoms with E-state index in [1.54, 1.807) is 36.3 Å². The van der Waals surface area contributed by atoms with Crippen LogP contribution in [0.1, 0.15) is 13.8 Å². The van der Waals surface area contributed by atoms with Crippen molar-refractivity contribution in [1.29, 1.82) is 0 Å². The lowest BCUT2D eigenvalue weighted by Gasteiger charge is -2.19. The Kier molecular flexibility index (Phi) is 5.29. The smallest absolute Gasteiger partial charge is 0.373 e. The van der Waals surface area contributed by atoms with E-state index in [0.29, 0.717) is 24.6 Å². The van der Waals surface area contributed by atoms with Gasteiger partial charge in [0.2, 0.25) is 5.82 Å². The summed E-state index contributed by atoms with van der Waals surface area (Å²) in [5.74, 6) is 1.26. The van der Waals surface area contributed by atoms with Gasteiger partial charge in [-0.15, -0.1) is 0 Å². The second kappa shape index (κ2) is 7.39. The van der Waals surface area contributed by atoms with E-state index in [-0.39, 0.29) is 17.4 Å². The van der Waals surface area contributed by atoms with Crippen LogP contribution in [0.15, 0.2) is 30.6 Å². The van der Waals surface area contributed by atoms with Gasteiger partial charge < -0.3 is 14.4 Å². The summed E-state index contributed by atoms with van der Waals surface area (Å²) in [6.07, 6.45) is 1.26. The number of methoxy groups -OCH3 is 1. The molecule has 0 radical (unpaired) electrons. The zero-order valence-electron chi connectivity index (χ0n) is 13.2. The zero-order chi connectivity index (χ0) is 16.8. The molecule has 23 heavy (non-hydrogen) atoms. The third kappa shape index (κ3) is 3.65. The minimum atomic E-state index is -0.521. The number of nitro groups is 1. The highest BCUT2D eigenvalue weighted by molar-refractivity contribution is 5.63. The molecule has 0 unspecified atom stereocenters. The fraction of sp³-hybridized carbons (Fsp3) is 0.333. The lowest BCUT2D eigenvalue weighted by Crippen LogP contribution is -2.24. The van der Waals surface area contributed by atoms with E-state index >= 15 is 0 Å². The first-order valence-electron chi connectivity index (χ1n) is 7.16. The maximum atomic E-state index is 11.5. The van der Waals surface area contributed by atoms with Crippen molar-refractivity contribution in [3.8, 4) is 17.4 Å². The van der Waals surface area contributed by atoms with Crippen molar-refractivity contribution in [1.82, 2.24) is 9.97 Å². The van der Waals surface area contributed by atoms with Crippen LogP contribution in [0.5, 0.6) is 17.4 Å². The molecule has 0 amide bonds. The highest BCUT2D eigenvalue weighted by atomic mass is 16.6. The van der Waals surface area contributed by atoms with Gasteiger partial charge in [-0.3, -0.25) is 10.1 Å². The standard InChI is InChI=1S/C15H18N4O4/c1-4-18(5-2)14-13(19(20)21)15(17-10-16-14)23-12-8-6-11(22-3)7-9-12/h6-10H,4-5H2,1-3H3. The Morgan fingerprint density at radius 2 is 1.74 bits per heavy atom. The fourth-order valence-corrected chi connectivity index (χ4v) is 2.10. The van der Waals surface area contributed by atoms with E-state index in [0.717, 1.165) is 0 Å². The van der Waals surface area contributed by atoms with Crippen molar-refractivity contribution in [3.05, 3.63) is 40.7 Å². The number of hydrogen-bond donors (Lipinski definition) is 0. The summed E-state index contributed by atoms with van der Waals surface area (Å²) in [5, 5.41) is 11.5. The van der Waals surface area contributed by atoms with Crippen molar-refractivity contribution < 1.29 is 14.4 Å². The normalized spacial score (nSPS) is 10.2. The van der Waals surface area contributed by atoms with Gasteiger partial charge in [-0.05, 0) is 38.1 Å². The van der Waals surface area contributed by atoms with Crippen LogP contribution in [0.2, 0.25) is 0 Å². The molecule has 0 spiro atoms. The van der Waals surface area contributed by atoms with Crippen LogP contribution in [0.3, 0.4) is 0 Å². The van der Waals surface area contributed by atoms with Gasteiger partial charge in [0.25, 0.3) is 0 Å². The lowest BCUT2D eigenvalue weighted by atomic mass is 10.3. The van der Waals surface area contributed by atoms with Gasteiger partial charge in [0, 0.05) is 13.1 Å². The minimum absolute atomic E-state index is 0.0860. The molecule has 0 saturated carbocycles. The second-order valence-electron chi connectivity index (χ2n) is 4.56. The molecule has 1 aromatic carbocycles. The van der Waals surface area contributed by atoms with Gasteiger partial charge >= 0.3 is 11.6 Å². The Morgan fingerprint density at radius 3 is 2.26 bits per heavy atom. The monoisotopic (exact) mass is 318 g/mol. The molecule has 1 heterocycles. The number of aromatic nitrogens is 2. The summed E-state index contributed by atoms with van der Waals surface area (Å²) in [6, 6.07) is 6.71. The van der Waals surface area contributed by atoms with Crippen LogP contribution in [0, 0.1) is 10.1 Å². The van der Waals surface area contributed by atoms with Crippen molar-refractivity contribution in [2.24, 2.45) is 0 Å². The summed E-state index contributed by atoms with van der Waals surface area (Å²) >= 11 is 0. The first-order chi connectivity index (χ1) is 11.1.